The Hall–Kier alpha value is -1.77. The smallest absolute Gasteiger partial charge is 0.306 e. The number of carbonyl (C=O) groups excluding carboxylic acids is 2. The van der Waals surface area contributed by atoms with Crippen LogP contribution in [0.25, 0.3) is 0 Å². The number of phosphoric acid groups is 1. The number of phosphoric ester groups is 1. The molecule has 472 valence electrons. The number of allylic oxidation sites excluding steroid dienone is 5. The van der Waals surface area contributed by atoms with Crippen LogP contribution in [-0.4, -0.2) is 69.4 Å². The molecule has 3 atom stereocenters. The van der Waals surface area contributed by atoms with E-state index in [1.54, 1.807) is 0 Å². The molecule has 3 unspecified atom stereocenters. The minimum absolute atomic E-state index is 0.0203. The monoisotopic (exact) mass is 1150 g/mol. The molecule has 0 bridgehead atoms. The van der Waals surface area contributed by atoms with Crippen LogP contribution in [0.2, 0.25) is 0 Å². The summed E-state index contributed by atoms with van der Waals surface area (Å²) in [6.45, 7) is 6.88. The number of unbranched alkanes of at least 4 members (excludes halogenated alkanes) is 44. The maximum absolute atomic E-state index is 13.6. The maximum Gasteiger partial charge on any atom is 0.306 e. The van der Waals surface area contributed by atoms with Gasteiger partial charge in [0, 0.05) is 12.8 Å². The van der Waals surface area contributed by atoms with E-state index < -0.39 is 20.0 Å². The molecule has 0 heterocycles. The Morgan fingerprint density at radius 3 is 1.06 bits per heavy atom. The van der Waals surface area contributed by atoms with Crippen molar-refractivity contribution in [1.82, 2.24) is 5.32 Å². The number of carbonyl (C=O) groups is 2. The zero-order valence-corrected chi connectivity index (χ0v) is 54.9. The predicted octanol–water partition coefficient (Wildman–Crippen LogP) is 21.2. The molecular formula is C70H135N2O7P. The minimum Gasteiger partial charge on any atom is -0.756 e. The second kappa shape index (κ2) is 60.4. The number of quaternary nitrogens is 1. The van der Waals surface area contributed by atoms with Crippen LogP contribution in [-0.2, 0) is 27.9 Å². The molecule has 0 rings (SSSR count). The highest BCUT2D eigenvalue weighted by atomic mass is 31.2. The first-order valence-corrected chi connectivity index (χ1v) is 36.3. The van der Waals surface area contributed by atoms with Gasteiger partial charge in [0.2, 0.25) is 5.91 Å². The Labute approximate surface area is 497 Å². The molecule has 0 aromatic rings. The fourth-order valence-corrected chi connectivity index (χ4v) is 11.1. The highest BCUT2D eigenvalue weighted by Crippen LogP contribution is 2.38. The number of rotatable bonds is 64. The van der Waals surface area contributed by atoms with E-state index in [1.165, 1.54) is 257 Å². The van der Waals surface area contributed by atoms with Gasteiger partial charge in [-0.15, -0.1) is 0 Å². The lowest BCUT2D eigenvalue weighted by Crippen LogP contribution is -2.47. The molecule has 1 N–H and O–H groups in total. The predicted molar refractivity (Wildman–Crippen MR) is 344 cm³/mol. The number of amides is 1. The molecule has 0 radical (unpaired) electrons. The number of nitrogens with one attached hydrogen (secondary N) is 1. The van der Waals surface area contributed by atoms with Crippen molar-refractivity contribution >= 4 is 19.7 Å². The summed E-state index contributed by atoms with van der Waals surface area (Å²) in [7, 11) is 1.20. The number of nitrogens with zero attached hydrogens (tertiary/aromatic N) is 1. The lowest BCUT2D eigenvalue weighted by atomic mass is 10.0. The number of likely N-dealkylation sites (N-methyl/N-ethyl adjacent to an activating group) is 1. The van der Waals surface area contributed by atoms with Crippen molar-refractivity contribution < 1.29 is 37.3 Å². The number of hydrogen-bond acceptors (Lipinski definition) is 7. The molecule has 9 nitrogen and oxygen atoms in total. The Bertz CT molecular complexity index is 1460. The van der Waals surface area contributed by atoms with E-state index in [9.17, 15) is 19.0 Å². The van der Waals surface area contributed by atoms with Gasteiger partial charge in [-0.1, -0.05) is 289 Å². The van der Waals surface area contributed by atoms with Crippen molar-refractivity contribution in [2.24, 2.45) is 0 Å². The van der Waals surface area contributed by atoms with Crippen LogP contribution in [0.3, 0.4) is 0 Å². The maximum atomic E-state index is 13.6. The van der Waals surface area contributed by atoms with Gasteiger partial charge in [0.05, 0.1) is 33.8 Å². The average Bonchev–Trinajstić information content (AvgIpc) is 3.43. The zero-order chi connectivity index (χ0) is 58.6. The molecule has 0 aromatic carbocycles. The van der Waals surface area contributed by atoms with Crippen molar-refractivity contribution in [1.29, 1.82) is 0 Å². The van der Waals surface area contributed by atoms with Crippen LogP contribution in [0.5, 0.6) is 0 Å². The van der Waals surface area contributed by atoms with Gasteiger partial charge >= 0.3 is 5.97 Å². The highest BCUT2D eigenvalue weighted by Gasteiger charge is 2.27. The number of ether oxygens (including phenoxy) is 1. The van der Waals surface area contributed by atoms with E-state index in [0.717, 1.165) is 57.8 Å². The molecule has 80 heavy (non-hydrogen) atoms. The topological polar surface area (TPSA) is 114 Å². The third-order valence-electron chi connectivity index (χ3n) is 15.8. The largest absolute Gasteiger partial charge is 0.756 e. The quantitative estimate of drug-likeness (QED) is 0.0212. The van der Waals surface area contributed by atoms with Gasteiger partial charge in [0.15, 0.2) is 0 Å². The zero-order valence-electron chi connectivity index (χ0n) is 54.1. The van der Waals surface area contributed by atoms with Gasteiger partial charge in [-0.2, -0.15) is 0 Å². The number of hydrogen-bond donors (Lipinski definition) is 1. The van der Waals surface area contributed by atoms with Crippen LogP contribution >= 0.6 is 7.82 Å². The lowest BCUT2D eigenvalue weighted by molar-refractivity contribution is -0.870. The summed E-state index contributed by atoms with van der Waals surface area (Å²) in [5, 5.41) is 3.04. The van der Waals surface area contributed by atoms with Gasteiger partial charge in [0.25, 0.3) is 7.82 Å². The first kappa shape index (κ1) is 78.2. The van der Waals surface area contributed by atoms with E-state index in [0.29, 0.717) is 17.4 Å². The summed E-state index contributed by atoms with van der Waals surface area (Å²) < 4.78 is 30.4. The SMILES string of the molecule is CCCCCCCC/C=C/CCCCCCCCCCCCCCCC(=O)OC(/C=C/CCCCCCCCCCCC)C(COP(=O)([O-])OCC[N+](C)(C)C)NC(=O)CCCCCCCCCCC/C=C/CCCCCCCC. The van der Waals surface area contributed by atoms with Crippen molar-refractivity contribution in [3.63, 3.8) is 0 Å². The van der Waals surface area contributed by atoms with E-state index in [4.69, 9.17) is 13.8 Å². The molecule has 10 heteroatoms. The molecule has 0 aromatic heterocycles. The molecule has 0 saturated heterocycles. The van der Waals surface area contributed by atoms with Gasteiger partial charge in [-0.05, 0) is 83.1 Å². The Kier molecular flexibility index (Phi) is 59.0. The van der Waals surface area contributed by atoms with Crippen molar-refractivity contribution in [2.75, 3.05) is 40.9 Å². The average molecular weight is 1150 g/mol. The first-order valence-electron chi connectivity index (χ1n) is 34.8. The standard InChI is InChI=1S/C70H135N2O7P/c1-7-10-13-16-19-22-25-28-30-32-34-35-36-37-39-41-43-45-48-51-54-57-60-63-70(74)79-68(61-58-55-52-49-46-27-24-21-18-15-12-9-3)67(66-78-80(75,76)77-65-64-72(4,5)6)71-69(73)62-59-56-53-50-47-44-42-40-38-33-31-29-26-23-20-17-14-11-8-2/h28-31,58,61,67-68H,7-27,32-57,59-60,62-66H2,1-6H3,(H-,71,73,75,76)/b30-28+,31-29+,61-58+. The lowest BCUT2D eigenvalue weighted by Gasteiger charge is -2.30. The van der Waals surface area contributed by atoms with Gasteiger partial charge < -0.3 is 28.5 Å². The number of esters is 1. The third-order valence-corrected chi connectivity index (χ3v) is 16.8. The summed E-state index contributed by atoms with van der Waals surface area (Å²) in [6.07, 6.45) is 74.0. The Balaban J connectivity index is 5.08. The molecule has 0 saturated carbocycles. The van der Waals surface area contributed by atoms with Crippen LogP contribution < -0.4 is 10.2 Å². The van der Waals surface area contributed by atoms with Crippen molar-refractivity contribution in [3.05, 3.63) is 36.5 Å². The van der Waals surface area contributed by atoms with Crippen molar-refractivity contribution in [2.45, 2.75) is 360 Å². The first-order chi connectivity index (χ1) is 38.9. The van der Waals surface area contributed by atoms with Crippen LogP contribution in [0, 0.1) is 0 Å². The van der Waals surface area contributed by atoms with Gasteiger partial charge in [0.1, 0.15) is 19.3 Å². The molecule has 0 aliphatic carbocycles. The summed E-state index contributed by atoms with van der Waals surface area (Å²) in [6, 6.07) is -0.887. The van der Waals surface area contributed by atoms with Crippen LogP contribution in [0.15, 0.2) is 36.5 Å². The summed E-state index contributed by atoms with van der Waals surface area (Å²) in [4.78, 5) is 40.1. The van der Waals surface area contributed by atoms with E-state index in [-0.39, 0.29) is 31.5 Å². The Morgan fingerprint density at radius 1 is 0.425 bits per heavy atom. The second-order valence-corrected chi connectivity index (χ2v) is 26.4. The summed E-state index contributed by atoms with van der Waals surface area (Å²) >= 11 is 0. The fourth-order valence-electron chi connectivity index (χ4n) is 10.4. The van der Waals surface area contributed by atoms with E-state index in [2.05, 4.69) is 50.4 Å². The van der Waals surface area contributed by atoms with Gasteiger partial charge in [-0.3, -0.25) is 14.2 Å². The van der Waals surface area contributed by atoms with E-state index >= 15 is 0 Å². The molecule has 0 aliphatic rings. The van der Waals surface area contributed by atoms with Crippen molar-refractivity contribution in [3.8, 4) is 0 Å². The summed E-state index contributed by atoms with van der Waals surface area (Å²) in [5.74, 6) is -0.527. The molecule has 0 spiro atoms. The van der Waals surface area contributed by atoms with E-state index in [1.807, 2.05) is 33.3 Å². The minimum atomic E-state index is -4.70. The third kappa shape index (κ3) is 60.8. The molecule has 1 amide bonds. The molecule has 0 aliphatic heterocycles. The fraction of sp³-hybridized carbons (Fsp3) is 0.886. The van der Waals surface area contributed by atoms with Gasteiger partial charge in [-0.25, -0.2) is 0 Å². The van der Waals surface area contributed by atoms with Crippen LogP contribution in [0.4, 0.5) is 0 Å². The normalized spacial score (nSPS) is 13.7. The van der Waals surface area contributed by atoms with Crippen LogP contribution in [0.1, 0.15) is 348 Å². The molecule has 0 fully saturated rings. The molecular weight excluding hydrogens is 1010 g/mol. The second-order valence-electron chi connectivity index (χ2n) is 25.0. The summed E-state index contributed by atoms with van der Waals surface area (Å²) in [5.41, 5.74) is 0. The highest BCUT2D eigenvalue weighted by molar-refractivity contribution is 7.45. The Morgan fingerprint density at radius 2 is 0.725 bits per heavy atom.